The largest absolute Gasteiger partial charge is 0.348 e. The van der Waals surface area contributed by atoms with Crippen molar-refractivity contribution in [3.8, 4) is 0 Å². The number of para-hydroxylation sites is 1. The Hall–Kier alpha value is -3.41. The van der Waals surface area contributed by atoms with Crippen molar-refractivity contribution in [3.05, 3.63) is 77.4 Å². The molecule has 0 aromatic heterocycles. The lowest BCUT2D eigenvalue weighted by Crippen LogP contribution is -2.43. The first-order chi connectivity index (χ1) is 15.1. The van der Waals surface area contributed by atoms with Crippen molar-refractivity contribution in [2.45, 2.75) is 38.5 Å². The van der Waals surface area contributed by atoms with Crippen molar-refractivity contribution in [1.29, 1.82) is 0 Å². The van der Waals surface area contributed by atoms with Crippen molar-refractivity contribution >= 4 is 23.4 Å². The first kappa shape index (κ1) is 22.3. The summed E-state index contributed by atoms with van der Waals surface area (Å²) in [6.07, 6.45) is 8.22. The molecule has 0 saturated carbocycles. The van der Waals surface area contributed by atoms with Crippen LogP contribution in [-0.2, 0) is 20.8 Å². The van der Waals surface area contributed by atoms with E-state index in [9.17, 15) is 14.4 Å². The van der Waals surface area contributed by atoms with Crippen LogP contribution in [0, 0.1) is 0 Å². The summed E-state index contributed by atoms with van der Waals surface area (Å²) in [5.41, 5.74) is 4.14. The van der Waals surface area contributed by atoms with Gasteiger partial charge in [-0.05, 0) is 55.7 Å². The molecule has 3 rings (SSSR count). The van der Waals surface area contributed by atoms with Crippen molar-refractivity contribution in [1.82, 2.24) is 10.6 Å². The fraction of sp³-hybridized carbons (Fsp3) is 0.320. The zero-order chi connectivity index (χ0) is 21.9. The zero-order valence-corrected chi connectivity index (χ0v) is 17.7. The average molecular weight is 420 g/mol. The maximum absolute atomic E-state index is 12.3. The summed E-state index contributed by atoms with van der Waals surface area (Å²) in [5, 5.41) is 7.82. The standard InChI is InChI=1S/C25H29N3O3/c29-23(18-27-25(31)24(30)26-16-15-19-9-3-1-4-10-19)28-22-14-8-7-13-21(22)17-20-11-5-2-6-12-20/h2,5-9,11-14H,1,3-4,10,15-18H2,(H,26,30)(H,27,31)(H,28,29). The summed E-state index contributed by atoms with van der Waals surface area (Å²) in [6.45, 7) is 0.161. The summed E-state index contributed by atoms with van der Waals surface area (Å²) in [6, 6.07) is 17.5. The molecule has 6 nitrogen and oxygen atoms in total. The summed E-state index contributed by atoms with van der Waals surface area (Å²) in [4.78, 5) is 36.2. The molecule has 1 aliphatic rings. The van der Waals surface area contributed by atoms with Crippen LogP contribution < -0.4 is 16.0 Å². The molecule has 2 aromatic rings. The normalized spacial score (nSPS) is 13.1. The first-order valence-corrected chi connectivity index (χ1v) is 10.8. The molecule has 0 unspecified atom stereocenters. The quantitative estimate of drug-likeness (QED) is 0.453. The number of hydrogen-bond acceptors (Lipinski definition) is 3. The van der Waals surface area contributed by atoms with Gasteiger partial charge in [-0.2, -0.15) is 0 Å². The Bertz CT molecular complexity index is 938. The number of benzene rings is 2. The van der Waals surface area contributed by atoms with Gasteiger partial charge in [0.25, 0.3) is 0 Å². The highest BCUT2D eigenvalue weighted by molar-refractivity contribution is 6.35. The van der Waals surface area contributed by atoms with Gasteiger partial charge in [-0.3, -0.25) is 14.4 Å². The van der Waals surface area contributed by atoms with Crippen LogP contribution in [0.3, 0.4) is 0 Å². The minimum atomic E-state index is -0.801. The third-order valence-electron chi connectivity index (χ3n) is 5.26. The molecule has 0 fully saturated rings. The second-order valence-corrected chi connectivity index (χ2v) is 7.66. The summed E-state index contributed by atoms with van der Waals surface area (Å²) in [7, 11) is 0. The van der Waals surface area contributed by atoms with Gasteiger partial charge in [0.2, 0.25) is 5.91 Å². The van der Waals surface area contributed by atoms with Gasteiger partial charge in [-0.15, -0.1) is 0 Å². The number of carbonyl (C=O) groups excluding carboxylic acids is 3. The molecule has 3 N–H and O–H groups in total. The van der Waals surface area contributed by atoms with Crippen LogP contribution >= 0.6 is 0 Å². The highest BCUT2D eigenvalue weighted by Gasteiger charge is 2.15. The number of rotatable bonds is 8. The molecular weight excluding hydrogens is 390 g/mol. The Morgan fingerprint density at radius 2 is 1.58 bits per heavy atom. The molecule has 3 amide bonds. The van der Waals surface area contributed by atoms with Crippen LogP contribution in [0.2, 0.25) is 0 Å². The van der Waals surface area contributed by atoms with E-state index in [1.807, 2.05) is 54.6 Å². The highest BCUT2D eigenvalue weighted by Crippen LogP contribution is 2.20. The third kappa shape index (κ3) is 7.41. The lowest BCUT2D eigenvalue weighted by molar-refractivity contribution is -0.139. The van der Waals surface area contributed by atoms with E-state index < -0.39 is 11.8 Å². The predicted octanol–water partition coefficient (Wildman–Crippen LogP) is 3.34. The van der Waals surface area contributed by atoms with Crippen molar-refractivity contribution in [2.75, 3.05) is 18.4 Å². The van der Waals surface area contributed by atoms with Gasteiger partial charge in [-0.25, -0.2) is 0 Å². The van der Waals surface area contributed by atoms with Crippen LogP contribution in [0.1, 0.15) is 43.2 Å². The van der Waals surface area contributed by atoms with Crippen LogP contribution in [0.25, 0.3) is 0 Å². The van der Waals surface area contributed by atoms with E-state index >= 15 is 0 Å². The number of hydrogen-bond donors (Lipinski definition) is 3. The second kappa shape index (κ2) is 11.7. The van der Waals surface area contributed by atoms with Gasteiger partial charge in [0.05, 0.1) is 6.54 Å². The Morgan fingerprint density at radius 1 is 0.839 bits per heavy atom. The minimum absolute atomic E-state index is 0.267. The van der Waals surface area contributed by atoms with Crippen molar-refractivity contribution in [3.63, 3.8) is 0 Å². The van der Waals surface area contributed by atoms with Gasteiger partial charge in [-0.1, -0.05) is 60.2 Å². The van der Waals surface area contributed by atoms with Crippen LogP contribution in [0.15, 0.2) is 66.2 Å². The van der Waals surface area contributed by atoms with E-state index in [-0.39, 0.29) is 12.5 Å². The molecule has 31 heavy (non-hydrogen) atoms. The van der Waals surface area contributed by atoms with E-state index in [4.69, 9.17) is 0 Å². The summed E-state index contributed by atoms with van der Waals surface area (Å²) < 4.78 is 0. The topological polar surface area (TPSA) is 87.3 Å². The average Bonchev–Trinajstić information content (AvgIpc) is 2.80. The summed E-state index contributed by atoms with van der Waals surface area (Å²) in [5.74, 6) is -1.90. The monoisotopic (exact) mass is 419 g/mol. The molecular formula is C25H29N3O3. The Labute approximate surface area is 183 Å². The Kier molecular flexibility index (Phi) is 8.40. The first-order valence-electron chi connectivity index (χ1n) is 10.8. The SMILES string of the molecule is O=C(CNC(=O)C(=O)NCCC1=CCCCC1)Nc1ccccc1Cc1ccccc1. The lowest BCUT2D eigenvalue weighted by atomic mass is 9.97. The second-order valence-electron chi connectivity index (χ2n) is 7.66. The Morgan fingerprint density at radius 3 is 2.35 bits per heavy atom. The molecule has 1 aliphatic carbocycles. The lowest BCUT2D eigenvalue weighted by Gasteiger charge is -2.13. The molecule has 0 spiro atoms. The van der Waals surface area contributed by atoms with Crippen LogP contribution in [0.4, 0.5) is 5.69 Å². The zero-order valence-electron chi connectivity index (χ0n) is 17.7. The van der Waals surface area contributed by atoms with E-state index in [1.54, 1.807) is 0 Å². The number of amides is 3. The fourth-order valence-corrected chi connectivity index (χ4v) is 3.60. The molecule has 6 heteroatoms. The maximum Gasteiger partial charge on any atom is 0.309 e. The maximum atomic E-state index is 12.3. The van der Waals surface area contributed by atoms with Crippen LogP contribution in [0.5, 0.6) is 0 Å². The van der Waals surface area contributed by atoms with E-state index in [0.29, 0.717) is 18.7 Å². The van der Waals surface area contributed by atoms with E-state index in [1.165, 1.54) is 18.4 Å². The molecule has 0 bridgehead atoms. The van der Waals surface area contributed by atoms with Gasteiger partial charge in [0.15, 0.2) is 0 Å². The molecule has 0 heterocycles. The van der Waals surface area contributed by atoms with Gasteiger partial charge >= 0.3 is 11.8 Å². The van der Waals surface area contributed by atoms with Crippen molar-refractivity contribution < 1.29 is 14.4 Å². The predicted molar refractivity (Wildman–Crippen MR) is 122 cm³/mol. The van der Waals surface area contributed by atoms with Crippen LogP contribution in [-0.4, -0.2) is 30.8 Å². The van der Waals surface area contributed by atoms with Gasteiger partial charge in [0, 0.05) is 12.2 Å². The minimum Gasteiger partial charge on any atom is -0.348 e. The van der Waals surface area contributed by atoms with E-state index in [2.05, 4.69) is 22.0 Å². The number of carbonyl (C=O) groups is 3. The number of nitrogens with one attached hydrogen (secondary N) is 3. The molecule has 0 saturated heterocycles. The molecule has 0 atom stereocenters. The Balaban J connectivity index is 1.43. The van der Waals surface area contributed by atoms with Crippen molar-refractivity contribution in [2.24, 2.45) is 0 Å². The molecule has 2 aromatic carbocycles. The smallest absolute Gasteiger partial charge is 0.309 e. The van der Waals surface area contributed by atoms with E-state index in [0.717, 1.165) is 30.4 Å². The van der Waals surface area contributed by atoms with Gasteiger partial charge in [0.1, 0.15) is 0 Å². The number of allylic oxidation sites excluding steroid dienone is 1. The number of anilines is 1. The highest BCUT2D eigenvalue weighted by atomic mass is 16.2. The molecule has 162 valence electrons. The molecule has 0 aliphatic heterocycles. The fourth-order valence-electron chi connectivity index (χ4n) is 3.60. The summed E-state index contributed by atoms with van der Waals surface area (Å²) >= 11 is 0. The molecule has 0 radical (unpaired) electrons. The third-order valence-corrected chi connectivity index (χ3v) is 5.26. The van der Waals surface area contributed by atoms with Gasteiger partial charge < -0.3 is 16.0 Å².